The second kappa shape index (κ2) is 4.19. The molecule has 0 aliphatic carbocycles. The van der Waals surface area contributed by atoms with Gasteiger partial charge in [0, 0.05) is 6.42 Å². The van der Waals surface area contributed by atoms with Crippen LogP contribution < -0.4 is 0 Å². The average molecular weight is 154 g/mol. The maximum absolute atomic E-state index is 8.68. The van der Waals surface area contributed by atoms with Crippen molar-refractivity contribution in [2.45, 2.75) is 32.8 Å². The summed E-state index contributed by atoms with van der Waals surface area (Å²) in [6.45, 7) is 2.15. The fourth-order valence-corrected chi connectivity index (χ4v) is 0.993. The Morgan fingerprint density at radius 2 is 2.09 bits per heavy atom. The van der Waals surface area contributed by atoms with Gasteiger partial charge in [0.1, 0.15) is 18.1 Å². The smallest absolute Gasteiger partial charge is 0.129 e. The second-order valence-electron chi connectivity index (χ2n) is 2.63. The molecule has 0 unspecified atom stereocenters. The molecule has 2 heteroatoms. The molecule has 0 bridgehead atoms. The molecule has 11 heavy (non-hydrogen) atoms. The number of hydrogen-bond donors (Lipinski definition) is 1. The Balaban J connectivity index is 2.44. The van der Waals surface area contributed by atoms with Crippen molar-refractivity contribution in [3.63, 3.8) is 0 Å². The van der Waals surface area contributed by atoms with E-state index in [1.54, 1.807) is 0 Å². The molecular formula is C9H14O2. The van der Waals surface area contributed by atoms with Gasteiger partial charge in [0.15, 0.2) is 0 Å². The minimum atomic E-state index is 0.00608. The highest BCUT2D eigenvalue weighted by atomic mass is 16.4. The van der Waals surface area contributed by atoms with E-state index in [0.29, 0.717) is 5.76 Å². The third-order valence-corrected chi connectivity index (χ3v) is 1.65. The van der Waals surface area contributed by atoms with Gasteiger partial charge in [-0.25, -0.2) is 0 Å². The first kappa shape index (κ1) is 8.34. The van der Waals surface area contributed by atoms with Crippen molar-refractivity contribution >= 4 is 0 Å². The highest BCUT2D eigenvalue weighted by Crippen LogP contribution is 2.10. The maximum atomic E-state index is 8.68. The van der Waals surface area contributed by atoms with Crippen molar-refractivity contribution in [2.75, 3.05) is 0 Å². The fourth-order valence-electron chi connectivity index (χ4n) is 0.993. The normalized spacial score (nSPS) is 10.4. The Hall–Kier alpha value is -0.760. The minimum Gasteiger partial charge on any atom is -0.464 e. The van der Waals surface area contributed by atoms with Crippen molar-refractivity contribution < 1.29 is 9.52 Å². The first-order valence-corrected chi connectivity index (χ1v) is 4.05. The van der Waals surface area contributed by atoms with Gasteiger partial charge in [-0.15, -0.1) is 0 Å². The Labute approximate surface area is 66.8 Å². The molecule has 0 aromatic carbocycles. The van der Waals surface area contributed by atoms with Gasteiger partial charge < -0.3 is 9.52 Å². The highest BCUT2D eigenvalue weighted by molar-refractivity contribution is 5.06. The van der Waals surface area contributed by atoms with Crippen LogP contribution in [0.3, 0.4) is 0 Å². The van der Waals surface area contributed by atoms with Gasteiger partial charge in [-0.1, -0.05) is 13.3 Å². The van der Waals surface area contributed by atoms with Gasteiger partial charge in [-0.05, 0) is 18.6 Å². The second-order valence-corrected chi connectivity index (χ2v) is 2.63. The summed E-state index contributed by atoms with van der Waals surface area (Å²) < 4.78 is 5.28. The van der Waals surface area contributed by atoms with Crippen LogP contribution in [0.1, 0.15) is 31.3 Å². The number of aliphatic hydroxyl groups excluding tert-OH is 1. The molecule has 2 nitrogen and oxygen atoms in total. The summed E-state index contributed by atoms with van der Waals surface area (Å²) in [4.78, 5) is 0. The molecule has 1 heterocycles. The fraction of sp³-hybridized carbons (Fsp3) is 0.556. The molecule has 0 spiro atoms. The summed E-state index contributed by atoms with van der Waals surface area (Å²) in [6.07, 6.45) is 3.31. The van der Waals surface area contributed by atoms with Crippen molar-refractivity contribution in [1.82, 2.24) is 0 Å². The summed E-state index contributed by atoms with van der Waals surface area (Å²) in [5.41, 5.74) is 0. The molecule has 0 saturated heterocycles. The van der Waals surface area contributed by atoms with Crippen molar-refractivity contribution in [2.24, 2.45) is 0 Å². The van der Waals surface area contributed by atoms with Crippen LogP contribution in [-0.4, -0.2) is 5.11 Å². The van der Waals surface area contributed by atoms with Crippen LogP contribution in [-0.2, 0) is 13.0 Å². The summed E-state index contributed by atoms with van der Waals surface area (Å²) in [5, 5.41) is 8.68. The standard InChI is InChI=1S/C9H14O2/c1-2-3-4-8-5-6-9(7-10)11-8/h5-6,10H,2-4,7H2,1H3. The molecule has 0 radical (unpaired) electrons. The minimum absolute atomic E-state index is 0.00608. The lowest BCUT2D eigenvalue weighted by Gasteiger charge is -1.92. The van der Waals surface area contributed by atoms with Crippen molar-refractivity contribution in [3.8, 4) is 0 Å². The van der Waals surface area contributed by atoms with Crippen LogP contribution in [0, 0.1) is 0 Å². The van der Waals surface area contributed by atoms with E-state index >= 15 is 0 Å². The predicted octanol–water partition coefficient (Wildman–Crippen LogP) is 2.11. The predicted molar refractivity (Wildman–Crippen MR) is 43.2 cm³/mol. The molecular weight excluding hydrogens is 140 g/mol. The maximum Gasteiger partial charge on any atom is 0.129 e. The largest absolute Gasteiger partial charge is 0.464 e. The number of rotatable bonds is 4. The van der Waals surface area contributed by atoms with Crippen LogP contribution in [0.5, 0.6) is 0 Å². The SMILES string of the molecule is CCCCc1ccc(CO)o1. The lowest BCUT2D eigenvalue weighted by molar-refractivity contribution is 0.243. The molecule has 1 N–H and O–H groups in total. The summed E-state index contributed by atoms with van der Waals surface area (Å²) in [5.74, 6) is 1.65. The zero-order chi connectivity index (χ0) is 8.10. The Kier molecular flexibility index (Phi) is 3.17. The Bertz CT molecular complexity index is 203. The van der Waals surface area contributed by atoms with Gasteiger partial charge in [0.2, 0.25) is 0 Å². The van der Waals surface area contributed by atoms with E-state index in [9.17, 15) is 0 Å². The summed E-state index contributed by atoms with van der Waals surface area (Å²) in [6, 6.07) is 3.76. The van der Waals surface area contributed by atoms with Gasteiger partial charge in [-0.3, -0.25) is 0 Å². The molecule has 1 aromatic heterocycles. The topological polar surface area (TPSA) is 33.4 Å². The molecule has 0 aliphatic rings. The quantitative estimate of drug-likeness (QED) is 0.720. The number of hydrogen-bond acceptors (Lipinski definition) is 2. The van der Waals surface area contributed by atoms with Crippen molar-refractivity contribution in [3.05, 3.63) is 23.7 Å². The van der Waals surface area contributed by atoms with E-state index in [1.165, 1.54) is 6.42 Å². The molecule has 62 valence electrons. The average Bonchev–Trinajstić information content (AvgIpc) is 2.48. The van der Waals surface area contributed by atoms with Crippen LogP contribution in [0.25, 0.3) is 0 Å². The van der Waals surface area contributed by atoms with Crippen LogP contribution in [0.4, 0.5) is 0 Å². The number of furan rings is 1. The lowest BCUT2D eigenvalue weighted by Crippen LogP contribution is -1.80. The number of aryl methyl sites for hydroxylation is 1. The van der Waals surface area contributed by atoms with Gasteiger partial charge in [-0.2, -0.15) is 0 Å². The third kappa shape index (κ3) is 2.39. The van der Waals surface area contributed by atoms with Crippen LogP contribution in [0.15, 0.2) is 16.5 Å². The van der Waals surface area contributed by atoms with E-state index in [-0.39, 0.29) is 6.61 Å². The molecule has 0 amide bonds. The zero-order valence-electron chi connectivity index (χ0n) is 6.84. The van der Waals surface area contributed by atoms with Gasteiger partial charge >= 0.3 is 0 Å². The van der Waals surface area contributed by atoms with Gasteiger partial charge in [0.05, 0.1) is 0 Å². The van der Waals surface area contributed by atoms with Crippen LogP contribution in [0.2, 0.25) is 0 Å². The summed E-state index contributed by atoms with van der Waals surface area (Å²) in [7, 11) is 0. The Morgan fingerprint density at radius 1 is 1.36 bits per heavy atom. The number of unbranched alkanes of at least 4 members (excludes halogenated alkanes) is 1. The van der Waals surface area contributed by atoms with E-state index < -0.39 is 0 Å². The zero-order valence-corrected chi connectivity index (χ0v) is 6.84. The van der Waals surface area contributed by atoms with E-state index in [1.807, 2.05) is 12.1 Å². The first-order valence-electron chi connectivity index (χ1n) is 4.05. The third-order valence-electron chi connectivity index (χ3n) is 1.65. The highest BCUT2D eigenvalue weighted by Gasteiger charge is 1.98. The molecule has 1 rings (SSSR count). The van der Waals surface area contributed by atoms with Crippen molar-refractivity contribution in [1.29, 1.82) is 0 Å². The molecule has 0 aliphatic heterocycles. The monoisotopic (exact) mass is 154 g/mol. The van der Waals surface area contributed by atoms with Gasteiger partial charge in [0.25, 0.3) is 0 Å². The molecule has 1 aromatic rings. The summed E-state index contributed by atoms with van der Waals surface area (Å²) >= 11 is 0. The molecule has 0 fully saturated rings. The van der Waals surface area contributed by atoms with E-state index in [2.05, 4.69) is 6.92 Å². The first-order chi connectivity index (χ1) is 5.36. The molecule has 0 saturated carbocycles. The molecule has 0 atom stereocenters. The Morgan fingerprint density at radius 3 is 2.64 bits per heavy atom. The van der Waals surface area contributed by atoms with E-state index in [0.717, 1.165) is 18.6 Å². The van der Waals surface area contributed by atoms with Crippen LogP contribution >= 0.6 is 0 Å². The van der Waals surface area contributed by atoms with E-state index in [4.69, 9.17) is 9.52 Å². The lowest BCUT2D eigenvalue weighted by atomic mass is 10.2. The number of aliphatic hydroxyl groups is 1.